The SMILES string of the molecule is CC(=O)c1ccc(N2CCN(C(=O)CSC3=N/C(=C\c4cccs4)C(=O)N3c3ccccc3)CC2)cc1. The van der Waals surface area contributed by atoms with Crippen LogP contribution >= 0.6 is 23.1 Å². The minimum absolute atomic E-state index is 0.0235. The van der Waals surface area contributed by atoms with E-state index >= 15 is 0 Å². The zero-order valence-electron chi connectivity index (χ0n) is 20.4. The van der Waals surface area contributed by atoms with E-state index in [9.17, 15) is 14.4 Å². The maximum Gasteiger partial charge on any atom is 0.283 e. The Balaban J connectivity index is 1.23. The van der Waals surface area contributed by atoms with Gasteiger partial charge in [-0.2, -0.15) is 0 Å². The monoisotopic (exact) mass is 530 g/mol. The van der Waals surface area contributed by atoms with Crippen LogP contribution in [0.4, 0.5) is 11.4 Å². The number of anilines is 2. The lowest BCUT2D eigenvalue weighted by Crippen LogP contribution is -2.49. The van der Waals surface area contributed by atoms with Crippen molar-refractivity contribution in [2.75, 3.05) is 41.7 Å². The van der Waals surface area contributed by atoms with E-state index in [0.717, 1.165) is 29.3 Å². The highest BCUT2D eigenvalue weighted by atomic mass is 32.2. The molecule has 7 nitrogen and oxygen atoms in total. The molecule has 1 saturated heterocycles. The number of Topliss-reactive ketones (excluding diaryl/α,β-unsaturated/α-hetero) is 1. The number of aliphatic imine (C=N–C) groups is 1. The van der Waals surface area contributed by atoms with Crippen LogP contribution in [0.5, 0.6) is 0 Å². The average Bonchev–Trinajstić information content (AvgIpc) is 3.55. The Morgan fingerprint density at radius 1 is 0.946 bits per heavy atom. The van der Waals surface area contributed by atoms with E-state index in [-0.39, 0.29) is 23.4 Å². The fraction of sp³-hybridized carbons (Fsp3) is 0.214. The Hall–Kier alpha value is -3.69. The van der Waals surface area contributed by atoms with E-state index in [1.54, 1.807) is 29.2 Å². The number of ketones is 1. The first kappa shape index (κ1) is 25.0. The minimum Gasteiger partial charge on any atom is -0.368 e. The van der Waals surface area contributed by atoms with E-state index in [4.69, 9.17) is 0 Å². The third-order valence-corrected chi connectivity index (χ3v) is 8.00. The fourth-order valence-corrected chi connectivity index (χ4v) is 5.81. The molecule has 0 saturated carbocycles. The number of piperazine rings is 1. The van der Waals surface area contributed by atoms with Crippen LogP contribution < -0.4 is 9.80 Å². The average molecular weight is 531 g/mol. The molecule has 0 radical (unpaired) electrons. The van der Waals surface area contributed by atoms with Crippen molar-refractivity contribution < 1.29 is 14.4 Å². The molecule has 2 amide bonds. The largest absolute Gasteiger partial charge is 0.368 e. The van der Waals surface area contributed by atoms with Gasteiger partial charge in [0, 0.05) is 42.3 Å². The molecule has 2 aliphatic heterocycles. The molecule has 2 aliphatic rings. The molecular weight excluding hydrogens is 504 g/mol. The molecule has 0 atom stereocenters. The van der Waals surface area contributed by atoms with Crippen molar-refractivity contribution >= 4 is 63.3 Å². The Bertz CT molecular complexity index is 1340. The van der Waals surface area contributed by atoms with E-state index < -0.39 is 0 Å². The number of thiophene rings is 1. The van der Waals surface area contributed by atoms with Gasteiger partial charge in [0.1, 0.15) is 5.70 Å². The van der Waals surface area contributed by atoms with Crippen molar-refractivity contribution in [2.45, 2.75) is 6.92 Å². The predicted molar refractivity (Wildman–Crippen MR) is 151 cm³/mol. The third-order valence-electron chi connectivity index (χ3n) is 6.26. The molecule has 1 fully saturated rings. The number of rotatable bonds is 6. The van der Waals surface area contributed by atoms with E-state index in [0.29, 0.717) is 29.5 Å². The molecule has 3 heterocycles. The lowest BCUT2D eigenvalue weighted by atomic mass is 10.1. The summed E-state index contributed by atoms with van der Waals surface area (Å²) >= 11 is 2.84. The van der Waals surface area contributed by atoms with Gasteiger partial charge in [0.2, 0.25) is 5.91 Å². The van der Waals surface area contributed by atoms with Crippen LogP contribution in [0.2, 0.25) is 0 Å². The Morgan fingerprint density at radius 2 is 1.68 bits per heavy atom. The quantitative estimate of drug-likeness (QED) is 0.339. The van der Waals surface area contributed by atoms with Gasteiger partial charge in [-0.05, 0) is 60.8 Å². The number of hydrogen-bond donors (Lipinski definition) is 0. The number of hydrogen-bond acceptors (Lipinski definition) is 7. The van der Waals surface area contributed by atoms with Crippen LogP contribution in [0.25, 0.3) is 6.08 Å². The molecule has 0 bridgehead atoms. The van der Waals surface area contributed by atoms with Crippen molar-refractivity contribution in [1.82, 2.24) is 4.90 Å². The number of nitrogens with zero attached hydrogens (tertiary/aromatic N) is 4. The molecule has 0 N–H and O–H groups in total. The molecule has 37 heavy (non-hydrogen) atoms. The molecule has 5 rings (SSSR count). The minimum atomic E-state index is -0.195. The number of benzene rings is 2. The highest BCUT2D eigenvalue weighted by Crippen LogP contribution is 2.30. The highest BCUT2D eigenvalue weighted by molar-refractivity contribution is 8.14. The second kappa shape index (κ2) is 11.1. The normalized spacial score (nSPS) is 16.9. The number of amides is 2. The van der Waals surface area contributed by atoms with Gasteiger partial charge in [0.25, 0.3) is 5.91 Å². The summed E-state index contributed by atoms with van der Waals surface area (Å²) in [7, 11) is 0. The molecule has 3 aromatic rings. The Labute approximate surface area is 224 Å². The van der Waals surface area contributed by atoms with Crippen molar-refractivity contribution in [2.24, 2.45) is 4.99 Å². The van der Waals surface area contributed by atoms with Crippen LogP contribution in [-0.2, 0) is 9.59 Å². The van der Waals surface area contributed by atoms with Crippen LogP contribution in [0, 0.1) is 0 Å². The van der Waals surface area contributed by atoms with E-state index in [1.807, 2.05) is 77.0 Å². The summed E-state index contributed by atoms with van der Waals surface area (Å²) in [5.74, 6) is 0.0806. The zero-order valence-corrected chi connectivity index (χ0v) is 22.0. The second-order valence-electron chi connectivity index (χ2n) is 8.68. The maximum absolute atomic E-state index is 13.2. The summed E-state index contributed by atoms with van der Waals surface area (Å²) in [6.45, 7) is 4.24. The standard InChI is InChI=1S/C28H26N4O3S2/c1-20(33)21-9-11-22(12-10-21)30-13-15-31(16-14-30)26(34)19-37-28-29-25(18-24-8-5-17-36-24)27(35)32(28)23-6-3-2-4-7-23/h2-12,17-18H,13-16,19H2,1H3/b25-18-. The summed E-state index contributed by atoms with van der Waals surface area (Å²) in [5, 5.41) is 2.47. The summed E-state index contributed by atoms with van der Waals surface area (Å²) in [6, 6.07) is 20.9. The molecular formula is C28H26N4O3S2. The van der Waals surface area contributed by atoms with Gasteiger partial charge < -0.3 is 9.80 Å². The van der Waals surface area contributed by atoms with Crippen LogP contribution in [-0.4, -0.2) is 59.6 Å². The zero-order chi connectivity index (χ0) is 25.8. The molecule has 2 aromatic carbocycles. The molecule has 1 aromatic heterocycles. The summed E-state index contributed by atoms with van der Waals surface area (Å²) < 4.78 is 0. The van der Waals surface area contributed by atoms with Gasteiger partial charge in [0.05, 0.1) is 11.4 Å². The highest BCUT2D eigenvalue weighted by Gasteiger charge is 2.33. The molecule has 0 aliphatic carbocycles. The van der Waals surface area contributed by atoms with Crippen LogP contribution in [0.3, 0.4) is 0 Å². The van der Waals surface area contributed by atoms with E-state index in [2.05, 4.69) is 9.89 Å². The van der Waals surface area contributed by atoms with Crippen LogP contribution in [0.15, 0.2) is 82.8 Å². The number of para-hydroxylation sites is 1. The number of amidine groups is 1. The Kier molecular flexibility index (Phi) is 7.52. The Morgan fingerprint density at radius 3 is 2.32 bits per heavy atom. The fourth-order valence-electron chi connectivity index (χ4n) is 4.24. The molecule has 188 valence electrons. The van der Waals surface area contributed by atoms with Gasteiger partial charge in [-0.25, -0.2) is 4.99 Å². The van der Waals surface area contributed by atoms with Crippen LogP contribution in [0.1, 0.15) is 22.2 Å². The van der Waals surface area contributed by atoms with Gasteiger partial charge in [0.15, 0.2) is 11.0 Å². The van der Waals surface area contributed by atoms with Crippen molar-refractivity contribution in [3.05, 3.63) is 88.2 Å². The van der Waals surface area contributed by atoms with Gasteiger partial charge >= 0.3 is 0 Å². The maximum atomic E-state index is 13.2. The summed E-state index contributed by atoms with van der Waals surface area (Å²) in [5.41, 5.74) is 2.84. The molecule has 9 heteroatoms. The number of thioether (sulfide) groups is 1. The lowest BCUT2D eigenvalue weighted by Gasteiger charge is -2.36. The summed E-state index contributed by atoms with van der Waals surface area (Å²) in [4.78, 5) is 49.0. The van der Waals surface area contributed by atoms with Gasteiger partial charge in [-0.1, -0.05) is 36.0 Å². The first-order valence-electron chi connectivity index (χ1n) is 12.0. The predicted octanol–water partition coefficient (Wildman–Crippen LogP) is 4.78. The molecule has 0 spiro atoms. The first-order valence-corrected chi connectivity index (χ1v) is 13.9. The van der Waals surface area contributed by atoms with Crippen molar-refractivity contribution in [3.63, 3.8) is 0 Å². The number of carbonyl (C=O) groups is 3. The molecule has 0 unspecified atom stereocenters. The van der Waals surface area contributed by atoms with E-state index in [1.165, 1.54) is 11.8 Å². The second-order valence-corrected chi connectivity index (χ2v) is 10.6. The van der Waals surface area contributed by atoms with Crippen molar-refractivity contribution in [3.8, 4) is 0 Å². The van der Waals surface area contributed by atoms with Crippen molar-refractivity contribution in [1.29, 1.82) is 0 Å². The third kappa shape index (κ3) is 5.68. The topological polar surface area (TPSA) is 73.3 Å². The van der Waals surface area contributed by atoms with Gasteiger partial charge in [-0.3, -0.25) is 19.3 Å². The number of carbonyl (C=O) groups excluding carboxylic acids is 3. The smallest absolute Gasteiger partial charge is 0.283 e. The van der Waals surface area contributed by atoms with Gasteiger partial charge in [-0.15, -0.1) is 11.3 Å². The lowest BCUT2D eigenvalue weighted by molar-refractivity contribution is -0.128. The summed E-state index contributed by atoms with van der Waals surface area (Å²) in [6.07, 6.45) is 1.79. The first-order chi connectivity index (χ1) is 18.0.